The van der Waals surface area contributed by atoms with Crippen molar-refractivity contribution in [3.63, 3.8) is 0 Å². The van der Waals surface area contributed by atoms with Crippen molar-refractivity contribution in [2.45, 2.75) is 18.8 Å². The molecular weight excluding hydrogens is 330 g/mol. The summed E-state index contributed by atoms with van der Waals surface area (Å²) in [5, 5.41) is 4.54. The third-order valence-corrected chi connectivity index (χ3v) is 4.48. The fourth-order valence-corrected chi connectivity index (χ4v) is 3.11. The van der Waals surface area contributed by atoms with Crippen LogP contribution in [0.3, 0.4) is 0 Å². The average molecular weight is 346 g/mol. The number of nitrogens with zero attached hydrogens (tertiary/aromatic N) is 4. The maximum Gasteiger partial charge on any atom is 0.319 e. The highest BCUT2D eigenvalue weighted by molar-refractivity contribution is 5.69. The Kier molecular flexibility index (Phi) is 3.74. The van der Waals surface area contributed by atoms with Crippen LogP contribution in [0.2, 0.25) is 0 Å². The molecule has 3 heterocycles. The number of fused-ring (bicyclic) bond motifs is 1. The van der Waals surface area contributed by atoms with Crippen molar-refractivity contribution in [3.05, 3.63) is 36.2 Å². The number of rotatable bonds is 5. The summed E-state index contributed by atoms with van der Waals surface area (Å²) in [4.78, 5) is 8.26. The van der Waals surface area contributed by atoms with E-state index in [4.69, 9.17) is 9.47 Å². The first kappa shape index (κ1) is 15.7. The Morgan fingerprint density at radius 3 is 2.80 bits per heavy atom. The molecular formula is C17H16F2N4O2. The van der Waals surface area contributed by atoms with Crippen LogP contribution in [0.1, 0.15) is 17.9 Å². The molecule has 2 atom stereocenters. The number of halogens is 2. The number of methoxy groups -OCH3 is 2. The van der Waals surface area contributed by atoms with E-state index in [0.717, 1.165) is 11.1 Å². The topological polar surface area (TPSA) is 61.5 Å². The Balaban J connectivity index is 1.84. The van der Waals surface area contributed by atoms with Crippen LogP contribution in [-0.2, 0) is 0 Å². The number of hydrogen-bond donors (Lipinski definition) is 0. The van der Waals surface area contributed by atoms with Gasteiger partial charge in [-0.1, -0.05) is 0 Å². The van der Waals surface area contributed by atoms with Crippen LogP contribution in [0, 0.1) is 5.92 Å². The van der Waals surface area contributed by atoms with E-state index in [1.165, 1.54) is 14.2 Å². The fourth-order valence-electron chi connectivity index (χ4n) is 3.11. The van der Waals surface area contributed by atoms with Crippen molar-refractivity contribution in [2.75, 3.05) is 14.2 Å². The molecule has 0 saturated heterocycles. The minimum Gasteiger partial charge on any atom is -0.480 e. The molecule has 4 rings (SSSR count). The highest BCUT2D eigenvalue weighted by atomic mass is 19.3. The monoisotopic (exact) mass is 346 g/mol. The van der Waals surface area contributed by atoms with Gasteiger partial charge in [0, 0.05) is 18.3 Å². The molecule has 0 N–H and O–H groups in total. The molecule has 25 heavy (non-hydrogen) atoms. The first-order chi connectivity index (χ1) is 12.1. The van der Waals surface area contributed by atoms with E-state index in [2.05, 4.69) is 15.1 Å². The summed E-state index contributed by atoms with van der Waals surface area (Å²) in [6.07, 6.45) is 1.52. The molecule has 8 heteroatoms. The predicted molar refractivity (Wildman–Crippen MR) is 86.2 cm³/mol. The van der Waals surface area contributed by atoms with E-state index in [-0.39, 0.29) is 11.9 Å². The highest BCUT2D eigenvalue weighted by Gasteiger charge is 2.46. The highest BCUT2D eigenvalue weighted by Crippen LogP contribution is 2.52. The average Bonchev–Trinajstić information content (AvgIpc) is 3.30. The lowest BCUT2D eigenvalue weighted by Crippen LogP contribution is -2.03. The molecule has 0 radical (unpaired) electrons. The summed E-state index contributed by atoms with van der Waals surface area (Å²) < 4.78 is 38.1. The summed E-state index contributed by atoms with van der Waals surface area (Å²) in [5.74, 6) is -0.440. The fraction of sp³-hybridized carbons (Fsp3) is 0.353. The van der Waals surface area contributed by atoms with Gasteiger partial charge in [-0.3, -0.25) is 0 Å². The molecule has 1 aliphatic rings. The summed E-state index contributed by atoms with van der Waals surface area (Å²) in [7, 11) is 2.96. The molecule has 130 valence electrons. The molecule has 0 amide bonds. The number of hydrogen-bond acceptors (Lipinski definition) is 5. The first-order valence-electron chi connectivity index (χ1n) is 7.84. The zero-order valence-corrected chi connectivity index (χ0v) is 13.7. The smallest absolute Gasteiger partial charge is 0.319 e. The Bertz CT molecular complexity index is 928. The predicted octanol–water partition coefficient (Wildman–Crippen LogP) is 3.18. The molecule has 0 spiro atoms. The molecule has 6 nitrogen and oxygen atoms in total. The van der Waals surface area contributed by atoms with Crippen LogP contribution in [0.15, 0.2) is 30.6 Å². The van der Waals surface area contributed by atoms with Gasteiger partial charge < -0.3 is 9.47 Å². The van der Waals surface area contributed by atoms with Crippen LogP contribution < -0.4 is 9.47 Å². The van der Waals surface area contributed by atoms with Gasteiger partial charge in [0.05, 0.1) is 31.0 Å². The minimum atomic E-state index is -2.31. The van der Waals surface area contributed by atoms with Gasteiger partial charge in [0.25, 0.3) is 0 Å². The quantitative estimate of drug-likeness (QED) is 0.710. The largest absolute Gasteiger partial charge is 0.480 e. The van der Waals surface area contributed by atoms with Gasteiger partial charge in [0.15, 0.2) is 0 Å². The Labute approximate surface area is 142 Å². The molecule has 0 bridgehead atoms. The Hall–Kier alpha value is -2.77. The van der Waals surface area contributed by atoms with Crippen molar-refractivity contribution in [3.8, 4) is 23.1 Å². The van der Waals surface area contributed by atoms with Gasteiger partial charge in [0.2, 0.25) is 12.3 Å². The Morgan fingerprint density at radius 2 is 2.12 bits per heavy atom. The molecule has 1 saturated carbocycles. The van der Waals surface area contributed by atoms with Gasteiger partial charge in [-0.15, -0.1) is 0 Å². The number of alkyl halides is 2. The molecule has 0 unspecified atom stereocenters. The van der Waals surface area contributed by atoms with Crippen molar-refractivity contribution < 1.29 is 18.3 Å². The zero-order valence-electron chi connectivity index (χ0n) is 13.7. The lowest BCUT2D eigenvalue weighted by molar-refractivity contribution is 0.120. The first-order valence-corrected chi connectivity index (χ1v) is 7.84. The standard InChI is InChI=1S/C17H16F2N4O2/c1-24-16-12(8-20-17(21-16)25-2)13-7-10(9-6-11(9)15(18)19)14-4-3-5-23(14)22-13/h3-5,7-9,11,15H,6H2,1-2H3/t9-,11+/m1/s1. The summed E-state index contributed by atoms with van der Waals surface area (Å²) in [6.45, 7) is 0. The van der Waals surface area contributed by atoms with Crippen molar-refractivity contribution in [1.29, 1.82) is 0 Å². The maximum atomic E-state index is 13.0. The van der Waals surface area contributed by atoms with Crippen LogP contribution >= 0.6 is 0 Å². The SMILES string of the molecule is COc1ncc(-c2cc([C@H]3C[C@@H]3C(F)F)c3cccn3n2)c(OC)n1. The van der Waals surface area contributed by atoms with E-state index >= 15 is 0 Å². The zero-order chi connectivity index (χ0) is 17.6. The van der Waals surface area contributed by atoms with Crippen LogP contribution in [0.4, 0.5) is 8.78 Å². The van der Waals surface area contributed by atoms with Crippen molar-refractivity contribution in [2.24, 2.45) is 5.92 Å². The van der Waals surface area contributed by atoms with Crippen LogP contribution in [0.5, 0.6) is 11.9 Å². The second-order valence-corrected chi connectivity index (χ2v) is 5.94. The Morgan fingerprint density at radius 1 is 1.28 bits per heavy atom. The van der Waals surface area contributed by atoms with Gasteiger partial charge in [-0.05, 0) is 36.1 Å². The van der Waals surface area contributed by atoms with Crippen molar-refractivity contribution >= 4 is 5.52 Å². The summed E-state index contributed by atoms with van der Waals surface area (Å²) in [5.41, 5.74) is 2.84. The minimum absolute atomic E-state index is 0.163. The molecule has 0 aromatic carbocycles. The van der Waals surface area contributed by atoms with E-state index in [1.54, 1.807) is 16.9 Å². The molecule has 0 aliphatic heterocycles. The molecule has 1 fully saturated rings. The van der Waals surface area contributed by atoms with E-state index in [9.17, 15) is 8.78 Å². The lowest BCUT2D eigenvalue weighted by atomic mass is 10.1. The maximum absolute atomic E-state index is 13.0. The van der Waals surface area contributed by atoms with Gasteiger partial charge in [-0.2, -0.15) is 10.1 Å². The number of ether oxygens (including phenoxy) is 2. The second-order valence-electron chi connectivity index (χ2n) is 5.94. The lowest BCUT2D eigenvalue weighted by Gasteiger charge is -2.11. The normalized spacial score (nSPS) is 19.4. The van der Waals surface area contributed by atoms with Crippen molar-refractivity contribution in [1.82, 2.24) is 19.6 Å². The van der Waals surface area contributed by atoms with Gasteiger partial charge in [-0.25, -0.2) is 18.3 Å². The van der Waals surface area contributed by atoms with E-state index in [1.807, 2.05) is 18.2 Å². The third kappa shape index (κ3) is 2.67. The van der Waals surface area contributed by atoms with Gasteiger partial charge in [0.1, 0.15) is 0 Å². The summed E-state index contributed by atoms with van der Waals surface area (Å²) >= 11 is 0. The van der Waals surface area contributed by atoms with Crippen LogP contribution in [0.25, 0.3) is 16.8 Å². The number of aromatic nitrogens is 4. The third-order valence-electron chi connectivity index (χ3n) is 4.48. The van der Waals surface area contributed by atoms with Gasteiger partial charge >= 0.3 is 6.01 Å². The molecule has 3 aromatic heterocycles. The molecule has 3 aromatic rings. The van der Waals surface area contributed by atoms with Crippen LogP contribution in [-0.4, -0.2) is 40.2 Å². The second kappa shape index (κ2) is 5.94. The molecule has 1 aliphatic carbocycles. The van der Waals surface area contributed by atoms with E-state index < -0.39 is 12.3 Å². The summed E-state index contributed by atoms with van der Waals surface area (Å²) in [6, 6.07) is 5.74. The van der Waals surface area contributed by atoms with E-state index in [0.29, 0.717) is 23.6 Å².